The quantitative estimate of drug-likeness (QED) is 0.921. The van der Waals surface area contributed by atoms with Crippen molar-refractivity contribution in [1.82, 2.24) is 0 Å². The molecule has 1 amide bonds. The van der Waals surface area contributed by atoms with Crippen molar-refractivity contribution in [3.63, 3.8) is 0 Å². The van der Waals surface area contributed by atoms with Crippen molar-refractivity contribution in [2.24, 2.45) is 5.73 Å². The number of aryl methyl sites for hydroxylation is 2. The smallest absolute Gasteiger partial charge is 0.228 e. The molecule has 114 valence electrons. The van der Waals surface area contributed by atoms with Gasteiger partial charge in [0.25, 0.3) is 0 Å². The van der Waals surface area contributed by atoms with Crippen LogP contribution in [-0.2, 0) is 24.1 Å². The molecule has 0 unspecified atom stereocenters. The summed E-state index contributed by atoms with van der Waals surface area (Å²) in [4.78, 5) is 14.0. The number of amides is 1. The van der Waals surface area contributed by atoms with Crippen molar-refractivity contribution in [2.75, 3.05) is 18.0 Å². The molecule has 3 heteroatoms. The van der Waals surface area contributed by atoms with Gasteiger partial charge in [-0.25, -0.2) is 0 Å². The lowest BCUT2D eigenvalue weighted by atomic mass is 9.98. The summed E-state index contributed by atoms with van der Waals surface area (Å²) in [5.74, 6) is 0.140. The van der Waals surface area contributed by atoms with Gasteiger partial charge in [0.1, 0.15) is 0 Å². The van der Waals surface area contributed by atoms with Crippen molar-refractivity contribution in [3.05, 3.63) is 65.2 Å². The highest BCUT2D eigenvalue weighted by Crippen LogP contribution is 2.31. The van der Waals surface area contributed by atoms with Crippen molar-refractivity contribution in [2.45, 2.75) is 25.7 Å². The Balaban J connectivity index is 1.76. The van der Waals surface area contributed by atoms with Crippen LogP contribution in [0, 0.1) is 0 Å². The summed E-state index contributed by atoms with van der Waals surface area (Å²) in [6, 6.07) is 16.9. The summed E-state index contributed by atoms with van der Waals surface area (Å²) in [5, 5.41) is 0. The first-order chi connectivity index (χ1) is 10.8. The van der Waals surface area contributed by atoms with E-state index in [1.807, 2.05) is 11.0 Å². The Labute approximate surface area is 131 Å². The van der Waals surface area contributed by atoms with Crippen LogP contribution in [0.4, 0.5) is 5.69 Å². The number of nitrogens with zero attached hydrogens (tertiary/aromatic N) is 1. The van der Waals surface area contributed by atoms with Gasteiger partial charge >= 0.3 is 0 Å². The summed E-state index contributed by atoms with van der Waals surface area (Å²) in [6.07, 6.45) is 3.43. The molecule has 1 heterocycles. The van der Waals surface area contributed by atoms with Gasteiger partial charge in [0, 0.05) is 25.2 Å². The highest BCUT2D eigenvalue weighted by molar-refractivity contribution is 5.95. The van der Waals surface area contributed by atoms with Gasteiger partial charge in [-0.3, -0.25) is 4.79 Å². The number of carbonyl (C=O) groups excluding carboxylic acids is 1. The first-order valence-electron chi connectivity index (χ1n) is 7.94. The van der Waals surface area contributed by atoms with E-state index in [1.165, 1.54) is 16.7 Å². The molecule has 0 bridgehead atoms. The van der Waals surface area contributed by atoms with Crippen molar-refractivity contribution >= 4 is 11.6 Å². The van der Waals surface area contributed by atoms with Gasteiger partial charge in [0.15, 0.2) is 0 Å². The SMILES string of the molecule is NCCC(=O)N1CCc2c(CCc3ccccc3)cccc21. The van der Waals surface area contributed by atoms with E-state index in [0.717, 1.165) is 31.5 Å². The summed E-state index contributed by atoms with van der Waals surface area (Å²) in [5.41, 5.74) is 10.7. The molecule has 2 aromatic carbocycles. The normalized spacial score (nSPS) is 13.2. The molecule has 3 nitrogen and oxygen atoms in total. The molecule has 0 aliphatic carbocycles. The zero-order valence-electron chi connectivity index (χ0n) is 12.8. The first kappa shape index (κ1) is 14.8. The van der Waals surface area contributed by atoms with Gasteiger partial charge in [0.05, 0.1) is 0 Å². The topological polar surface area (TPSA) is 46.3 Å². The van der Waals surface area contributed by atoms with Gasteiger partial charge < -0.3 is 10.6 Å². The Kier molecular flexibility index (Phi) is 4.54. The van der Waals surface area contributed by atoms with E-state index in [4.69, 9.17) is 5.73 Å². The number of anilines is 1. The van der Waals surface area contributed by atoms with E-state index in [9.17, 15) is 4.79 Å². The molecule has 0 spiro atoms. The second-order valence-corrected chi connectivity index (χ2v) is 5.73. The van der Waals surface area contributed by atoms with Gasteiger partial charge in [-0.15, -0.1) is 0 Å². The summed E-state index contributed by atoms with van der Waals surface area (Å²) in [7, 11) is 0. The largest absolute Gasteiger partial charge is 0.330 e. The third-order valence-electron chi connectivity index (χ3n) is 4.31. The number of fused-ring (bicyclic) bond motifs is 1. The fourth-order valence-electron chi connectivity index (χ4n) is 3.18. The zero-order chi connectivity index (χ0) is 15.4. The predicted octanol–water partition coefficient (Wildman–Crippen LogP) is 2.71. The Hall–Kier alpha value is -2.13. The van der Waals surface area contributed by atoms with Crippen molar-refractivity contribution in [1.29, 1.82) is 0 Å². The van der Waals surface area contributed by atoms with Crippen LogP contribution in [-0.4, -0.2) is 19.0 Å². The molecule has 0 saturated carbocycles. The van der Waals surface area contributed by atoms with Gasteiger partial charge in [-0.1, -0.05) is 42.5 Å². The Morgan fingerprint density at radius 1 is 1.05 bits per heavy atom. The maximum absolute atomic E-state index is 12.1. The van der Waals surface area contributed by atoms with E-state index in [0.29, 0.717) is 13.0 Å². The number of hydrogen-bond donors (Lipinski definition) is 1. The average Bonchev–Trinajstić information content (AvgIpc) is 2.99. The molecule has 2 N–H and O–H groups in total. The third-order valence-corrected chi connectivity index (χ3v) is 4.31. The summed E-state index contributed by atoms with van der Waals surface area (Å²) in [6.45, 7) is 1.20. The maximum Gasteiger partial charge on any atom is 0.228 e. The van der Waals surface area contributed by atoms with Crippen LogP contribution in [0.15, 0.2) is 48.5 Å². The highest BCUT2D eigenvalue weighted by atomic mass is 16.2. The number of rotatable bonds is 5. The fraction of sp³-hybridized carbons (Fsp3) is 0.316. The minimum absolute atomic E-state index is 0.140. The zero-order valence-corrected chi connectivity index (χ0v) is 12.8. The highest BCUT2D eigenvalue weighted by Gasteiger charge is 2.25. The lowest BCUT2D eigenvalue weighted by Crippen LogP contribution is -2.30. The Bertz CT molecular complexity index is 652. The van der Waals surface area contributed by atoms with Crippen LogP contribution >= 0.6 is 0 Å². The second kappa shape index (κ2) is 6.75. The molecule has 0 aromatic heterocycles. The molecule has 3 rings (SSSR count). The van der Waals surface area contributed by atoms with E-state index < -0.39 is 0 Å². The third kappa shape index (κ3) is 3.04. The monoisotopic (exact) mass is 294 g/mol. The minimum Gasteiger partial charge on any atom is -0.330 e. The van der Waals surface area contributed by atoms with E-state index >= 15 is 0 Å². The molecule has 1 aliphatic rings. The lowest BCUT2D eigenvalue weighted by molar-refractivity contribution is -0.118. The molecule has 0 saturated heterocycles. The number of benzene rings is 2. The second-order valence-electron chi connectivity index (χ2n) is 5.73. The van der Waals surface area contributed by atoms with Crippen LogP contribution in [0.3, 0.4) is 0 Å². The van der Waals surface area contributed by atoms with E-state index in [2.05, 4.69) is 42.5 Å². The maximum atomic E-state index is 12.1. The average molecular weight is 294 g/mol. The van der Waals surface area contributed by atoms with Crippen molar-refractivity contribution < 1.29 is 4.79 Å². The van der Waals surface area contributed by atoms with Crippen LogP contribution in [0.2, 0.25) is 0 Å². The van der Waals surface area contributed by atoms with Gasteiger partial charge in [-0.2, -0.15) is 0 Å². The molecule has 1 aliphatic heterocycles. The fourth-order valence-corrected chi connectivity index (χ4v) is 3.18. The molecule has 0 radical (unpaired) electrons. The minimum atomic E-state index is 0.140. The van der Waals surface area contributed by atoms with Crippen LogP contribution in [0.1, 0.15) is 23.1 Å². The predicted molar refractivity (Wildman–Crippen MR) is 90.0 cm³/mol. The van der Waals surface area contributed by atoms with Gasteiger partial charge in [-0.05, 0) is 42.0 Å². The molecule has 2 aromatic rings. The van der Waals surface area contributed by atoms with Gasteiger partial charge in [0.2, 0.25) is 5.91 Å². The Morgan fingerprint density at radius 3 is 2.64 bits per heavy atom. The van der Waals surface area contributed by atoms with Crippen LogP contribution in [0.5, 0.6) is 0 Å². The number of nitrogens with two attached hydrogens (primary N) is 1. The molecular weight excluding hydrogens is 272 g/mol. The molecule has 0 fully saturated rings. The van der Waals surface area contributed by atoms with E-state index in [-0.39, 0.29) is 5.91 Å². The van der Waals surface area contributed by atoms with Crippen molar-refractivity contribution in [3.8, 4) is 0 Å². The summed E-state index contributed by atoms with van der Waals surface area (Å²) < 4.78 is 0. The molecule has 22 heavy (non-hydrogen) atoms. The van der Waals surface area contributed by atoms with E-state index in [1.54, 1.807) is 0 Å². The summed E-state index contributed by atoms with van der Waals surface area (Å²) >= 11 is 0. The standard InChI is InChI=1S/C19H22N2O/c20-13-11-19(22)21-14-12-17-16(7-4-8-18(17)21)10-9-15-5-2-1-3-6-15/h1-8H,9-14,20H2. The van der Waals surface area contributed by atoms with Crippen LogP contribution in [0.25, 0.3) is 0 Å². The Morgan fingerprint density at radius 2 is 1.86 bits per heavy atom. The molecule has 0 atom stereocenters. The lowest BCUT2D eigenvalue weighted by Gasteiger charge is -2.17. The first-order valence-corrected chi connectivity index (χ1v) is 7.94. The number of hydrogen-bond acceptors (Lipinski definition) is 2. The molecular formula is C19H22N2O. The number of carbonyl (C=O) groups is 1. The van der Waals surface area contributed by atoms with Crippen LogP contribution < -0.4 is 10.6 Å².